The minimum atomic E-state index is -0.0247. The van der Waals surface area contributed by atoms with Crippen molar-refractivity contribution in [3.05, 3.63) is 59.5 Å². The maximum absolute atomic E-state index is 13.3. The number of aromatic nitrogens is 1. The van der Waals surface area contributed by atoms with Gasteiger partial charge in [0, 0.05) is 26.1 Å². The van der Waals surface area contributed by atoms with Gasteiger partial charge >= 0.3 is 0 Å². The molecule has 2 aromatic heterocycles. The van der Waals surface area contributed by atoms with Gasteiger partial charge in [-0.05, 0) is 55.4 Å². The van der Waals surface area contributed by atoms with E-state index in [0.29, 0.717) is 30.6 Å². The van der Waals surface area contributed by atoms with Gasteiger partial charge in [0.2, 0.25) is 17.5 Å². The molecule has 7 heteroatoms. The highest BCUT2D eigenvalue weighted by molar-refractivity contribution is 5.79. The normalized spacial score (nSPS) is 18.8. The van der Waals surface area contributed by atoms with Gasteiger partial charge in [-0.25, -0.2) is 0 Å². The number of amides is 1. The number of furan rings is 1. The number of hydrogen-bond donors (Lipinski definition) is 0. The lowest BCUT2D eigenvalue weighted by Crippen LogP contribution is -2.43. The fourth-order valence-electron chi connectivity index (χ4n) is 5.01. The van der Waals surface area contributed by atoms with E-state index in [1.165, 1.54) is 11.1 Å². The first-order chi connectivity index (χ1) is 15.7. The van der Waals surface area contributed by atoms with Gasteiger partial charge in [0.05, 0.1) is 12.3 Å². The molecule has 0 N–H and O–H groups in total. The topological polar surface area (TPSA) is 86.5 Å². The summed E-state index contributed by atoms with van der Waals surface area (Å²) < 4.78 is 11.2. The molecule has 1 saturated heterocycles. The Hall–Kier alpha value is -3.53. The lowest BCUT2D eigenvalue weighted by atomic mass is 9.86. The number of anilines is 1. The second-order valence-corrected chi connectivity index (χ2v) is 8.58. The average molecular weight is 431 g/mol. The van der Waals surface area contributed by atoms with Crippen molar-refractivity contribution in [3.63, 3.8) is 0 Å². The van der Waals surface area contributed by atoms with Crippen LogP contribution in [0.4, 0.5) is 5.88 Å². The summed E-state index contributed by atoms with van der Waals surface area (Å²) >= 11 is 0. The molecule has 0 spiro atoms. The molecule has 3 heterocycles. The summed E-state index contributed by atoms with van der Waals surface area (Å²) in [7, 11) is 1.95. The summed E-state index contributed by atoms with van der Waals surface area (Å²) in [6.07, 6.45) is 6.20. The Morgan fingerprint density at radius 1 is 1.19 bits per heavy atom. The molecule has 1 aromatic carbocycles. The van der Waals surface area contributed by atoms with Crippen LogP contribution < -0.4 is 4.90 Å². The first kappa shape index (κ1) is 20.4. The van der Waals surface area contributed by atoms with Crippen molar-refractivity contribution in [3.8, 4) is 17.7 Å². The van der Waals surface area contributed by atoms with Crippen molar-refractivity contribution in [1.82, 2.24) is 9.88 Å². The second kappa shape index (κ2) is 8.54. The highest BCUT2D eigenvalue weighted by Gasteiger charge is 2.34. The molecule has 1 aliphatic carbocycles. The number of carbonyl (C=O) groups is 1. The summed E-state index contributed by atoms with van der Waals surface area (Å²) in [6, 6.07) is 14.3. The van der Waals surface area contributed by atoms with Crippen molar-refractivity contribution in [2.75, 3.05) is 25.0 Å². The Morgan fingerprint density at radius 2 is 2.00 bits per heavy atom. The number of oxazole rings is 1. The molecule has 1 amide bonds. The van der Waals surface area contributed by atoms with E-state index in [2.05, 4.69) is 35.3 Å². The quantitative estimate of drug-likeness (QED) is 0.603. The number of benzene rings is 1. The van der Waals surface area contributed by atoms with Crippen LogP contribution in [0.3, 0.4) is 0 Å². The molecule has 0 saturated carbocycles. The molecule has 3 aromatic rings. The number of piperidine rings is 1. The number of nitrogens with zero attached hydrogens (tertiary/aromatic N) is 4. The zero-order chi connectivity index (χ0) is 22.1. The first-order valence-electron chi connectivity index (χ1n) is 11.2. The Labute approximate surface area is 187 Å². The van der Waals surface area contributed by atoms with E-state index in [1.54, 1.807) is 18.4 Å². The number of carbonyl (C=O) groups excluding carboxylic acids is 1. The molecular weight excluding hydrogens is 404 g/mol. The average Bonchev–Trinajstić information content (AvgIpc) is 3.53. The van der Waals surface area contributed by atoms with E-state index < -0.39 is 0 Å². The minimum absolute atomic E-state index is 0.0247. The molecule has 32 heavy (non-hydrogen) atoms. The maximum Gasteiger partial charge on any atom is 0.266 e. The number of rotatable bonds is 4. The zero-order valence-electron chi connectivity index (χ0n) is 18.2. The van der Waals surface area contributed by atoms with E-state index in [4.69, 9.17) is 8.83 Å². The molecule has 5 rings (SSSR count). The zero-order valence-corrected chi connectivity index (χ0v) is 18.2. The Morgan fingerprint density at radius 3 is 2.75 bits per heavy atom. The molecule has 0 radical (unpaired) electrons. The molecular formula is C25H26N4O3. The molecule has 1 atom stereocenters. The predicted molar refractivity (Wildman–Crippen MR) is 119 cm³/mol. The van der Waals surface area contributed by atoms with Crippen LogP contribution in [0.25, 0.3) is 11.7 Å². The highest BCUT2D eigenvalue weighted by Crippen LogP contribution is 2.36. The summed E-state index contributed by atoms with van der Waals surface area (Å²) in [6.45, 7) is 1.29. The second-order valence-electron chi connectivity index (χ2n) is 8.58. The molecule has 1 aliphatic heterocycles. The fourth-order valence-corrected chi connectivity index (χ4v) is 5.01. The van der Waals surface area contributed by atoms with Gasteiger partial charge in [0.15, 0.2) is 5.76 Å². The van der Waals surface area contributed by atoms with Gasteiger partial charge in [0.1, 0.15) is 6.07 Å². The van der Waals surface area contributed by atoms with E-state index in [9.17, 15) is 10.1 Å². The van der Waals surface area contributed by atoms with Crippen LogP contribution in [-0.4, -0.2) is 35.9 Å². The highest BCUT2D eigenvalue weighted by atomic mass is 16.4. The van der Waals surface area contributed by atoms with Crippen molar-refractivity contribution < 1.29 is 13.6 Å². The third-order valence-corrected chi connectivity index (χ3v) is 6.73. The van der Waals surface area contributed by atoms with Gasteiger partial charge in [-0.3, -0.25) is 4.79 Å². The lowest BCUT2D eigenvalue weighted by molar-refractivity contribution is -0.137. The maximum atomic E-state index is 13.3. The van der Waals surface area contributed by atoms with Crippen LogP contribution in [0, 0.1) is 17.2 Å². The minimum Gasteiger partial charge on any atom is -0.459 e. The summed E-state index contributed by atoms with van der Waals surface area (Å²) in [5, 5.41) is 9.51. The number of hydrogen-bond acceptors (Lipinski definition) is 6. The molecule has 7 nitrogen and oxygen atoms in total. The standard InChI is InChI=1S/C25H26N4O3/c1-28(21-9-4-7-17-6-2-3-8-19(17)21)24(30)18-11-13-29(14-12-18)25-20(16-26)27-23(32-25)22-10-5-15-31-22/h2-3,5-6,8,10,15,18,21H,4,7,9,11-14H2,1H3. The summed E-state index contributed by atoms with van der Waals surface area (Å²) in [5.74, 6) is 1.44. The van der Waals surface area contributed by atoms with Crippen LogP contribution in [0.15, 0.2) is 51.5 Å². The molecule has 1 unspecified atom stereocenters. The monoisotopic (exact) mass is 430 g/mol. The van der Waals surface area contributed by atoms with E-state index >= 15 is 0 Å². The third kappa shape index (κ3) is 3.66. The van der Waals surface area contributed by atoms with Crippen molar-refractivity contribution in [2.45, 2.75) is 38.1 Å². The van der Waals surface area contributed by atoms with Gasteiger partial charge in [-0.2, -0.15) is 10.2 Å². The molecule has 2 aliphatic rings. The van der Waals surface area contributed by atoms with Crippen LogP contribution in [0.5, 0.6) is 0 Å². The number of nitriles is 1. The SMILES string of the molecule is CN(C(=O)C1CCN(c2oc(-c3ccco3)nc2C#N)CC1)C1CCCc2ccccc21. The van der Waals surface area contributed by atoms with Crippen LogP contribution >= 0.6 is 0 Å². The van der Waals surface area contributed by atoms with E-state index in [0.717, 1.165) is 32.1 Å². The summed E-state index contributed by atoms with van der Waals surface area (Å²) in [4.78, 5) is 21.6. The summed E-state index contributed by atoms with van der Waals surface area (Å²) in [5.41, 5.74) is 2.90. The van der Waals surface area contributed by atoms with Crippen LogP contribution in [0.2, 0.25) is 0 Å². The van der Waals surface area contributed by atoms with Gasteiger partial charge < -0.3 is 18.6 Å². The van der Waals surface area contributed by atoms with Gasteiger partial charge in [0.25, 0.3) is 5.89 Å². The molecule has 164 valence electrons. The van der Waals surface area contributed by atoms with Crippen molar-refractivity contribution in [1.29, 1.82) is 5.26 Å². The Kier molecular flexibility index (Phi) is 5.44. The lowest BCUT2D eigenvalue weighted by Gasteiger charge is -2.37. The van der Waals surface area contributed by atoms with E-state index in [-0.39, 0.29) is 23.6 Å². The first-order valence-corrected chi connectivity index (χ1v) is 11.2. The van der Waals surface area contributed by atoms with E-state index in [1.807, 2.05) is 16.8 Å². The number of aryl methyl sites for hydroxylation is 1. The van der Waals surface area contributed by atoms with Gasteiger partial charge in [-0.15, -0.1) is 0 Å². The Bertz CT molecular complexity index is 1140. The van der Waals surface area contributed by atoms with Gasteiger partial charge in [-0.1, -0.05) is 24.3 Å². The smallest absolute Gasteiger partial charge is 0.266 e. The fraction of sp³-hybridized carbons (Fsp3) is 0.400. The third-order valence-electron chi connectivity index (χ3n) is 6.73. The van der Waals surface area contributed by atoms with Crippen molar-refractivity contribution in [2.24, 2.45) is 5.92 Å². The van der Waals surface area contributed by atoms with Crippen molar-refractivity contribution >= 4 is 11.8 Å². The largest absolute Gasteiger partial charge is 0.459 e. The Balaban J connectivity index is 1.26. The molecule has 0 bridgehead atoms. The number of fused-ring (bicyclic) bond motifs is 1. The van der Waals surface area contributed by atoms with Crippen LogP contribution in [-0.2, 0) is 11.2 Å². The van der Waals surface area contributed by atoms with Crippen LogP contribution in [0.1, 0.15) is 48.5 Å². The predicted octanol–water partition coefficient (Wildman–Crippen LogP) is 4.56. The molecule has 1 fully saturated rings.